The van der Waals surface area contributed by atoms with Crippen LogP contribution in [0.4, 0.5) is 0 Å². The maximum absolute atomic E-state index is 12.2. The number of aromatic amines is 1. The highest BCUT2D eigenvalue weighted by atomic mass is 16.2. The first kappa shape index (κ1) is 14.0. The molecule has 0 radical (unpaired) electrons. The maximum atomic E-state index is 12.2. The fourth-order valence-corrected chi connectivity index (χ4v) is 2.14. The highest BCUT2D eigenvalue weighted by Crippen LogP contribution is 2.15. The molecule has 2 N–H and O–H groups in total. The van der Waals surface area contributed by atoms with Crippen molar-refractivity contribution in [3.8, 4) is 0 Å². The number of imidazole rings is 1. The second kappa shape index (κ2) is 5.44. The van der Waals surface area contributed by atoms with Crippen LogP contribution in [0.1, 0.15) is 29.3 Å². The Labute approximate surface area is 126 Å². The van der Waals surface area contributed by atoms with Crippen molar-refractivity contribution in [1.82, 2.24) is 25.1 Å². The zero-order valence-corrected chi connectivity index (χ0v) is 12.2. The summed E-state index contributed by atoms with van der Waals surface area (Å²) in [6.07, 6.45) is 0. The molecule has 0 saturated carbocycles. The van der Waals surface area contributed by atoms with E-state index in [2.05, 4.69) is 20.4 Å². The lowest BCUT2D eigenvalue weighted by Crippen LogP contribution is -2.30. The first-order chi connectivity index (χ1) is 10.5. The minimum Gasteiger partial charge on any atom is -0.341 e. The van der Waals surface area contributed by atoms with E-state index in [4.69, 9.17) is 0 Å². The van der Waals surface area contributed by atoms with Crippen molar-refractivity contribution in [1.29, 1.82) is 0 Å². The van der Waals surface area contributed by atoms with Gasteiger partial charge in [0, 0.05) is 13.1 Å². The molecule has 22 heavy (non-hydrogen) atoms. The van der Waals surface area contributed by atoms with E-state index < -0.39 is 0 Å². The molecular weight excluding hydrogens is 282 g/mol. The van der Waals surface area contributed by atoms with Crippen LogP contribution >= 0.6 is 0 Å². The normalized spacial score (nSPS) is 12.3. The van der Waals surface area contributed by atoms with E-state index in [0.717, 1.165) is 15.7 Å². The quantitative estimate of drug-likeness (QED) is 0.758. The average Bonchev–Trinajstić information content (AvgIpc) is 2.94. The highest BCUT2D eigenvalue weighted by Gasteiger charge is 2.16. The Morgan fingerprint density at radius 2 is 2.05 bits per heavy atom. The third kappa shape index (κ3) is 2.60. The van der Waals surface area contributed by atoms with Gasteiger partial charge in [0.1, 0.15) is 11.5 Å². The van der Waals surface area contributed by atoms with Crippen molar-refractivity contribution in [3.63, 3.8) is 0 Å². The van der Waals surface area contributed by atoms with E-state index in [9.17, 15) is 9.59 Å². The van der Waals surface area contributed by atoms with Crippen LogP contribution in [0.25, 0.3) is 11.0 Å². The van der Waals surface area contributed by atoms with Gasteiger partial charge in [-0.1, -0.05) is 12.1 Å². The molecule has 7 heteroatoms. The molecule has 112 valence electrons. The standard InChI is InChI=1S/C15H15N5O2/c1-9(14-17-10-5-3-4-6-11(10)18-14)16-15(22)12-7-8-13(21)20(2)19-12/h3-9H,1-2H3,(H,16,22)(H,17,18). The minimum absolute atomic E-state index is 0.185. The molecule has 1 amide bonds. The van der Waals surface area contributed by atoms with Crippen molar-refractivity contribution in [2.24, 2.45) is 7.05 Å². The van der Waals surface area contributed by atoms with Crippen LogP contribution in [0.2, 0.25) is 0 Å². The predicted molar refractivity (Wildman–Crippen MR) is 81.5 cm³/mol. The number of aryl methyl sites for hydroxylation is 1. The van der Waals surface area contributed by atoms with E-state index in [1.807, 2.05) is 31.2 Å². The fourth-order valence-electron chi connectivity index (χ4n) is 2.14. The number of benzene rings is 1. The largest absolute Gasteiger partial charge is 0.341 e. The van der Waals surface area contributed by atoms with Gasteiger partial charge in [0.05, 0.1) is 17.1 Å². The van der Waals surface area contributed by atoms with Crippen LogP contribution in [-0.2, 0) is 7.05 Å². The lowest BCUT2D eigenvalue weighted by atomic mass is 10.3. The van der Waals surface area contributed by atoms with Gasteiger partial charge in [0.2, 0.25) is 0 Å². The third-order valence-corrected chi connectivity index (χ3v) is 3.36. The van der Waals surface area contributed by atoms with Gasteiger partial charge in [0.15, 0.2) is 0 Å². The summed E-state index contributed by atoms with van der Waals surface area (Å²) in [6, 6.07) is 10.1. The van der Waals surface area contributed by atoms with Crippen LogP contribution < -0.4 is 10.9 Å². The molecule has 0 aliphatic heterocycles. The van der Waals surface area contributed by atoms with Gasteiger partial charge in [-0.15, -0.1) is 0 Å². The lowest BCUT2D eigenvalue weighted by molar-refractivity contribution is 0.0931. The maximum Gasteiger partial charge on any atom is 0.272 e. The lowest BCUT2D eigenvalue weighted by Gasteiger charge is -2.11. The van der Waals surface area contributed by atoms with Crippen LogP contribution in [0.5, 0.6) is 0 Å². The molecule has 2 aromatic heterocycles. The molecule has 1 aromatic carbocycles. The Balaban J connectivity index is 1.80. The molecule has 0 fully saturated rings. The molecule has 0 aliphatic carbocycles. The summed E-state index contributed by atoms with van der Waals surface area (Å²) < 4.78 is 1.13. The summed E-state index contributed by atoms with van der Waals surface area (Å²) in [4.78, 5) is 31.1. The molecule has 1 atom stereocenters. The van der Waals surface area contributed by atoms with Crippen molar-refractivity contribution in [2.75, 3.05) is 0 Å². The molecule has 0 spiro atoms. The van der Waals surface area contributed by atoms with Gasteiger partial charge in [-0.05, 0) is 25.1 Å². The Hall–Kier alpha value is -2.96. The predicted octanol–water partition coefficient (Wildman–Crippen LogP) is 1.15. The summed E-state index contributed by atoms with van der Waals surface area (Å²) >= 11 is 0. The molecule has 7 nitrogen and oxygen atoms in total. The van der Waals surface area contributed by atoms with Crippen molar-refractivity contribution in [2.45, 2.75) is 13.0 Å². The number of amides is 1. The van der Waals surface area contributed by atoms with E-state index in [0.29, 0.717) is 5.82 Å². The van der Waals surface area contributed by atoms with Crippen LogP contribution in [-0.4, -0.2) is 25.7 Å². The van der Waals surface area contributed by atoms with Gasteiger partial charge < -0.3 is 10.3 Å². The topological polar surface area (TPSA) is 92.7 Å². The van der Waals surface area contributed by atoms with E-state index in [1.165, 1.54) is 19.2 Å². The number of H-pyrrole nitrogens is 1. The van der Waals surface area contributed by atoms with Crippen LogP contribution in [0, 0.1) is 0 Å². The monoisotopic (exact) mass is 297 g/mol. The molecule has 0 bridgehead atoms. The van der Waals surface area contributed by atoms with Gasteiger partial charge in [-0.2, -0.15) is 5.10 Å². The van der Waals surface area contributed by atoms with Crippen molar-refractivity contribution >= 4 is 16.9 Å². The van der Waals surface area contributed by atoms with Crippen LogP contribution in [0.15, 0.2) is 41.2 Å². The number of rotatable bonds is 3. The Morgan fingerprint density at radius 1 is 1.27 bits per heavy atom. The Morgan fingerprint density at radius 3 is 2.77 bits per heavy atom. The van der Waals surface area contributed by atoms with Gasteiger partial charge in [-0.3, -0.25) is 9.59 Å². The summed E-state index contributed by atoms with van der Waals surface area (Å²) in [7, 11) is 1.50. The summed E-state index contributed by atoms with van der Waals surface area (Å²) in [6.45, 7) is 1.83. The minimum atomic E-state index is -0.358. The van der Waals surface area contributed by atoms with E-state index >= 15 is 0 Å². The number of hydrogen-bond acceptors (Lipinski definition) is 4. The molecule has 0 aliphatic rings. The molecule has 3 aromatic rings. The number of nitrogens with zero attached hydrogens (tertiary/aromatic N) is 3. The molecule has 1 unspecified atom stereocenters. The molecule has 2 heterocycles. The molecule has 3 rings (SSSR count). The number of hydrogen-bond donors (Lipinski definition) is 2. The third-order valence-electron chi connectivity index (χ3n) is 3.36. The zero-order chi connectivity index (χ0) is 15.7. The number of carbonyl (C=O) groups excluding carboxylic acids is 1. The van der Waals surface area contributed by atoms with E-state index in [-0.39, 0.29) is 23.2 Å². The van der Waals surface area contributed by atoms with Gasteiger partial charge in [0.25, 0.3) is 11.5 Å². The number of carbonyl (C=O) groups is 1. The second-order valence-corrected chi connectivity index (χ2v) is 5.01. The number of nitrogens with one attached hydrogen (secondary N) is 2. The number of aromatic nitrogens is 4. The summed E-state index contributed by atoms with van der Waals surface area (Å²) in [5.41, 5.74) is 1.68. The second-order valence-electron chi connectivity index (χ2n) is 5.01. The Kier molecular flexibility index (Phi) is 3.46. The average molecular weight is 297 g/mol. The fraction of sp³-hybridized carbons (Fsp3) is 0.200. The van der Waals surface area contributed by atoms with Gasteiger partial charge in [-0.25, -0.2) is 9.67 Å². The van der Waals surface area contributed by atoms with Gasteiger partial charge >= 0.3 is 0 Å². The SMILES string of the molecule is CC(NC(=O)c1ccc(=O)n(C)n1)c1nc2ccccc2[nH]1. The van der Waals surface area contributed by atoms with E-state index in [1.54, 1.807) is 0 Å². The Bertz CT molecular complexity index is 863. The highest BCUT2D eigenvalue weighted by molar-refractivity contribution is 5.92. The van der Waals surface area contributed by atoms with Crippen molar-refractivity contribution < 1.29 is 4.79 Å². The smallest absolute Gasteiger partial charge is 0.272 e. The molecular formula is C15H15N5O2. The van der Waals surface area contributed by atoms with Crippen molar-refractivity contribution in [3.05, 3.63) is 58.3 Å². The first-order valence-electron chi connectivity index (χ1n) is 6.84. The summed E-state index contributed by atoms with van der Waals surface area (Å²) in [5, 5.41) is 6.73. The zero-order valence-electron chi connectivity index (χ0n) is 12.2. The summed E-state index contributed by atoms with van der Waals surface area (Å²) in [5.74, 6) is 0.308. The number of fused-ring (bicyclic) bond motifs is 1. The first-order valence-corrected chi connectivity index (χ1v) is 6.84. The number of para-hydroxylation sites is 2. The molecule has 0 saturated heterocycles. The van der Waals surface area contributed by atoms with Crippen LogP contribution in [0.3, 0.4) is 0 Å².